The van der Waals surface area contributed by atoms with E-state index in [0.29, 0.717) is 0 Å². The Bertz CT molecular complexity index is 1590. The van der Waals surface area contributed by atoms with Crippen LogP contribution in [0.25, 0.3) is 48.8 Å². The smallest absolute Gasteiger partial charge is 0.0474 e. The van der Waals surface area contributed by atoms with Gasteiger partial charge in [-0.1, -0.05) is 13.3 Å². The molecule has 6 heterocycles. The molecule has 0 saturated heterocycles. The predicted octanol–water partition coefficient (Wildman–Crippen LogP) is 12.0. The summed E-state index contributed by atoms with van der Waals surface area (Å²) >= 11 is 11.5. The number of hydrogen-bond acceptors (Lipinski definition) is 6. The Balaban J connectivity index is 1.21. The molecule has 0 atom stereocenters. The van der Waals surface area contributed by atoms with Crippen molar-refractivity contribution in [1.29, 1.82) is 0 Å². The highest BCUT2D eigenvalue weighted by Gasteiger charge is 2.14. The van der Waals surface area contributed by atoms with Crippen molar-refractivity contribution in [2.75, 3.05) is 0 Å². The number of thiophene rings is 6. The van der Waals surface area contributed by atoms with Gasteiger partial charge in [0, 0.05) is 58.5 Å². The predicted molar refractivity (Wildman–Crippen MR) is 164 cm³/mol. The van der Waals surface area contributed by atoms with E-state index < -0.39 is 0 Å². The molecule has 6 heteroatoms. The van der Waals surface area contributed by atoms with E-state index in [1.54, 1.807) is 0 Å². The lowest BCUT2D eigenvalue weighted by atomic mass is 10.2. The summed E-state index contributed by atoms with van der Waals surface area (Å²) in [7, 11) is 0. The van der Waals surface area contributed by atoms with Crippen molar-refractivity contribution >= 4 is 68.0 Å². The molecule has 176 valence electrons. The van der Waals surface area contributed by atoms with Gasteiger partial charge in [0.25, 0.3) is 0 Å². The molecule has 0 aliphatic heterocycles. The fraction of sp³-hybridized carbons (Fsp3) is 0.172. The number of rotatable bonds is 7. The number of aryl methyl sites for hydroxylation is 3. The van der Waals surface area contributed by atoms with E-state index in [-0.39, 0.29) is 0 Å². The third-order valence-electron chi connectivity index (χ3n) is 5.82. The molecule has 0 aliphatic carbocycles. The minimum absolute atomic E-state index is 1.18. The van der Waals surface area contributed by atoms with Gasteiger partial charge in [0.15, 0.2) is 0 Å². The van der Waals surface area contributed by atoms with Crippen molar-refractivity contribution in [2.24, 2.45) is 0 Å². The van der Waals surface area contributed by atoms with Gasteiger partial charge in [-0.3, -0.25) is 0 Å². The fourth-order valence-corrected chi connectivity index (χ4v) is 10.9. The van der Waals surface area contributed by atoms with Gasteiger partial charge >= 0.3 is 0 Å². The summed E-state index contributed by atoms with van der Waals surface area (Å²) in [6, 6.07) is 25.2. The van der Waals surface area contributed by atoms with E-state index in [0.717, 1.165) is 0 Å². The molecule has 0 radical (unpaired) electrons. The molecule has 6 aromatic heterocycles. The van der Waals surface area contributed by atoms with Crippen LogP contribution in [-0.4, -0.2) is 0 Å². The Morgan fingerprint density at radius 1 is 0.486 bits per heavy atom. The van der Waals surface area contributed by atoms with Crippen molar-refractivity contribution in [1.82, 2.24) is 0 Å². The molecule has 0 aromatic carbocycles. The number of hydrogen-bond donors (Lipinski definition) is 0. The van der Waals surface area contributed by atoms with Crippen LogP contribution in [0.2, 0.25) is 0 Å². The minimum atomic E-state index is 1.18. The lowest BCUT2D eigenvalue weighted by molar-refractivity contribution is 0.940. The molecule has 0 unspecified atom stereocenters. The topological polar surface area (TPSA) is 0 Å². The lowest BCUT2D eigenvalue weighted by Gasteiger charge is -1.94. The molecule has 0 saturated carbocycles. The molecule has 35 heavy (non-hydrogen) atoms. The van der Waals surface area contributed by atoms with E-state index in [1.807, 2.05) is 68.0 Å². The van der Waals surface area contributed by atoms with E-state index >= 15 is 0 Å². The zero-order chi connectivity index (χ0) is 23.9. The summed E-state index contributed by atoms with van der Waals surface area (Å²) in [6.45, 7) is 6.66. The van der Waals surface area contributed by atoms with Crippen molar-refractivity contribution < 1.29 is 0 Å². The third-order valence-corrected chi connectivity index (χ3v) is 13.4. The van der Waals surface area contributed by atoms with Crippen molar-refractivity contribution in [3.05, 3.63) is 82.0 Å². The van der Waals surface area contributed by atoms with Gasteiger partial charge in [-0.15, -0.1) is 68.0 Å². The van der Waals surface area contributed by atoms with E-state index in [1.165, 1.54) is 76.9 Å². The van der Waals surface area contributed by atoms with Crippen LogP contribution in [0.5, 0.6) is 0 Å². The van der Waals surface area contributed by atoms with Gasteiger partial charge in [-0.25, -0.2) is 0 Å². The summed E-state index contributed by atoms with van der Waals surface area (Å²) in [5.41, 5.74) is 1.39. The standard InChI is InChI=1S/C29H24S6/c1-4-5-19-6-7-20(31-19)21-8-9-22(32-21)23-10-11-24(33-23)25-12-13-26(34-25)27-14-15-28(35-27)29-17(2)16-18(3)30-29/h6-16H,4-5H2,1-3H3. The van der Waals surface area contributed by atoms with Crippen molar-refractivity contribution in [3.63, 3.8) is 0 Å². The van der Waals surface area contributed by atoms with Gasteiger partial charge in [0.2, 0.25) is 0 Å². The molecule has 0 bridgehead atoms. The third kappa shape index (κ3) is 4.80. The summed E-state index contributed by atoms with van der Waals surface area (Å²) in [6.07, 6.45) is 2.39. The second-order valence-electron chi connectivity index (χ2n) is 8.54. The highest BCUT2D eigenvalue weighted by molar-refractivity contribution is 7.30. The maximum Gasteiger partial charge on any atom is 0.0474 e. The van der Waals surface area contributed by atoms with Crippen LogP contribution in [0.4, 0.5) is 0 Å². The Morgan fingerprint density at radius 3 is 1.31 bits per heavy atom. The zero-order valence-corrected chi connectivity index (χ0v) is 24.6. The van der Waals surface area contributed by atoms with Crippen LogP contribution in [0.15, 0.2) is 66.7 Å². The van der Waals surface area contributed by atoms with E-state index in [9.17, 15) is 0 Å². The molecule has 6 aromatic rings. The molecule has 0 amide bonds. The first-order chi connectivity index (χ1) is 17.1. The Labute approximate surface area is 230 Å². The average molecular weight is 565 g/mol. The van der Waals surface area contributed by atoms with Crippen LogP contribution in [0, 0.1) is 13.8 Å². The molecule has 0 aliphatic rings. The fourth-order valence-electron chi connectivity index (χ4n) is 4.18. The highest BCUT2D eigenvalue weighted by atomic mass is 32.1. The highest BCUT2D eigenvalue weighted by Crippen LogP contribution is 2.46. The second-order valence-corrected chi connectivity index (χ2v) is 15.3. The van der Waals surface area contributed by atoms with E-state index in [2.05, 4.69) is 87.5 Å². The molecule has 0 N–H and O–H groups in total. The summed E-state index contributed by atoms with van der Waals surface area (Å²) < 4.78 is 0. The maximum atomic E-state index is 2.29. The van der Waals surface area contributed by atoms with Gasteiger partial charge in [-0.2, -0.15) is 0 Å². The largest absolute Gasteiger partial charge is 0.139 e. The van der Waals surface area contributed by atoms with Crippen molar-refractivity contribution in [3.8, 4) is 48.8 Å². The van der Waals surface area contributed by atoms with Gasteiger partial charge < -0.3 is 0 Å². The molecule has 0 nitrogen and oxygen atoms in total. The quantitative estimate of drug-likeness (QED) is 0.181. The van der Waals surface area contributed by atoms with Crippen LogP contribution in [0.3, 0.4) is 0 Å². The average Bonchev–Trinajstić information content (AvgIpc) is 3.67. The first-order valence-corrected chi connectivity index (χ1v) is 16.5. The van der Waals surface area contributed by atoms with Crippen LogP contribution >= 0.6 is 68.0 Å². The maximum absolute atomic E-state index is 2.29. The van der Waals surface area contributed by atoms with Crippen LogP contribution in [0.1, 0.15) is 28.7 Å². The molecular formula is C29H24S6. The Kier molecular flexibility index (Phi) is 6.69. The summed E-state index contributed by atoms with van der Waals surface area (Å²) in [5, 5.41) is 0. The lowest BCUT2D eigenvalue weighted by Crippen LogP contribution is -1.71. The zero-order valence-electron chi connectivity index (χ0n) is 19.7. The molecule has 0 fully saturated rings. The molecular weight excluding hydrogens is 541 g/mol. The van der Waals surface area contributed by atoms with Gasteiger partial charge in [0.1, 0.15) is 0 Å². The minimum Gasteiger partial charge on any atom is -0.139 e. The Morgan fingerprint density at radius 2 is 0.886 bits per heavy atom. The molecule has 6 rings (SSSR count). The van der Waals surface area contributed by atoms with Gasteiger partial charge in [-0.05, 0) is 92.6 Å². The second kappa shape index (κ2) is 9.92. The monoisotopic (exact) mass is 564 g/mol. The van der Waals surface area contributed by atoms with Gasteiger partial charge in [0.05, 0.1) is 0 Å². The first-order valence-electron chi connectivity index (χ1n) is 11.6. The normalized spacial score (nSPS) is 11.5. The summed E-state index contributed by atoms with van der Waals surface area (Å²) in [5.74, 6) is 0. The van der Waals surface area contributed by atoms with Crippen LogP contribution in [-0.2, 0) is 6.42 Å². The SMILES string of the molecule is CCCc1ccc(-c2ccc(-c3ccc(-c4ccc(-c5ccc(-c6sc(C)cc6C)s5)s4)s3)s2)s1. The molecule has 0 spiro atoms. The Hall–Kier alpha value is -1.80. The van der Waals surface area contributed by atoms with Crippen LogP contribution < -0.4 is 0 Å². The van der Waals surface area contributed by atoms with E-state index in [4.69, 9.17) is 0 Å². The van der Waals surface area contributed by atoms with Crippen molar-refractivity contribution in [2.45, 2.75) is 33.6 Å². The first kappa shape index (κ1) is 23.6. The summed E-state index contributed by atoms with van der Waals surface area (Å²) in [4.78, 5) is 16.6.